The van der Waals surface area contributed by atoms with Crippen LogP contribution >= 0.6 is 27.3 Å². The van der Waals surface area contributed by atoms with Gasteiger partial charge in [-0.25, -0.2) is 0 Å². The van der Waals surface area contributed by atoms with Crippen LogP contribution < -0.4 is 5.73 Å². The van der Waals surface area contributed by atoms with Crippen LogP contribution in [0.15, 0.2) is 15.9 Å². The molecular weight excluding hydrogens is 254 g/mol. The zero-order chi connectivity index (χ0) is 9.84. The number of hydrogen-bond donors (Lipinski definition) is 1. The lowest BCUT2D eigenvalue weighted by atomic mass is 10.2. The smallest absolute Gasteiger partial charge is 0.307 e. The maximum Gasteiger partial charge on any atom is 0.307 e. The first kappa shape index (κ1) is 10.7. The van der Waals surface area contributed by atoms with Crippen molar-refractivity contribution < 1.29 is 9.53 Å². The topological polar surface area (TPSA) is 52.3 Å². The van der Waals surface area contributed by atoms with Crippen LogP contribution in [0.4, 0.5) is 0 Å². The van der Waals surface area contributed by atoms with Crippen molar-refractivity contribution in [1.82, 2.24) is 0 Å². The zero-order valence-corrected chi connectivity index (χ0v) is 9.52. The third-order valence-corrected chi connectivity index (χ3v) is 3.60. The number of esters is 1. The highest BCUT2D eigenvalue weighted by Crippen LogP contribution is 2.29. The first-order chi connectivity index (χ1) is 6.15. The quantitative estimate of drug-likeness (QED) is 0.850. The first-order valence-corrected chi connectivity index (χ1v) is 5.37. The summed E-state index contributed by atoms with van der Waals surface area (Å²) < 4.78 is 5.48. The summed E-state index contributed by atoms with van der Waals surface area (Å²) in [5.74, 6) is -0.284. The second-order valence-electron chi connectivity index (χ2n) is 2.52. The predicted octanol–water partition coefficient (Wildman–Crippen LogP) is 2.07. The minimum atomic E-state index is -0.284. The number of rotatable bonds is 3. The van der Waals surface area contributed by atoms with E-state index in [-0.39, 0.29) is 18.4 Å². The van der Waals surface area contributed by atoms with Gasteiger partial charge in [0.1, 0.15) is 0 Å². The number of carbonyl (C=O) groups excluding carboxylic acids is 1. The molecule has 1 aromatic heterocycles. The Morgan fingerprint density at radius 3 is 3.00 bits per heavy atom. The fraction of sp³-hybridized carbons (Fsp3) is 0.375. The van der Waals surface area contributed by atoms with Gasteiger partial charge >= 0.3 is 5.97 Å². The molecule has 2 N–H and O–H groups in total. The molecule has 1 heterocycles. The number of hydrogen-bond acceptors (Lipinski definition) is 4. The molecule has 0 radical (unpaired) electrons. The summed E-state index contributed by atoms with van der Waals surface area (Å²) in [6.07, 6.45) is 0.218. The fourth-order valence-corrected chi connectivity index (χ4v) is 2.60. The molecule has 5 heteroatoms. The first-order valence-electron chi connectivity index (χ1n) is 3.70. The summed E-state index contributed by atoms with van der Waals surface area (Å²) >= 11 is 4.89. The Bertz CT molecular complexity index is 300. The van der Waals surface area contributed by atoms with E-state index in [1.807, 2.05) is 11.4 Å². The maximum absolute atomic E-state index is 10.9. The summed E-state index contributed by atoms with van der Waals surface area (Å²) in [4.78, 5) is 11.9. The van der Waals surface area contributed by atoms with Crippen molar-refractivity contribution in [3.63, 3.8) is 0 Å². The van der Waals surface area contributed by atoms with Crippen molar-refractivity contribution in [3.05, 3.63) is 20.8 Å². The Kier molecular flexibility index (Phi) is 3.90. The number of nitrogens with two attached hydrogens (primary N) is 1. The summed E-state index contributed by atoms with van der Waals surface area (Å²) in [5.41, 5.74) is 5.80. The molecule has 3 nitrogen and oxygen atoms in total. The molecule has 1 atom stereocenters. The van der Waals surface area contributed by atoms with E-state index in [1.54, 1.807) is 0 Å². The standard InChI is InChI=1S/C8H10BrNO2S/c1-12-7(11)4-6(10)8-5(9)2-3-13-8/h2-3,6H,4,10H2,1H3. The van der Waals surface area contributed by atoms with Crippen molar-refractivity contribution >= 4 is 33.2 Å². The largest absolute Gasteiger partial charge is 0.469 e. The number of ether oxygens (including phenoxy) is 1. The molecule has 0 fully saturated rings. The van der Waals surface area contributed by atoms with Gasteiger partial charge in [0.05, 0.1) is 19.6 Å². The van der Waals surface area contributed by atoms with Crippen molar-refractivity contribution in [1.29, 1.82) is 0 Å². The highest BCUT2D eigenvalue weighted by molar-refractivity contribution is 9.10. The fourth-order valence-electron chi connectivity index (χ4n) is 0.926. The average Bonchev–Trinajstić information content (AvgIpc) is 2.51. The lowest BCUT2D eigenvalue weighted by molar-refractivity contribution is -0.141. The van der Waals surface area contributed by atoms with Crippen molar-refractivity contribution in [2.75, 3.05) is 7.11 Å². The second kappa shape index (κ2) is 4.74. The van der Waals surface area contributed by atoms with Gasteiger partial charge in [-0.15, -0.1) is 11.3 Å². The summed E-state index contributed by atoms with van der Waals surface area (Å²) in [6, 6.07) is 1.64. The highest BCUT2D eigenvalue weighted by atomic mass is 79.9. The minimum absolute atomic E-state index is 0.218. The van der Waals surface area contributed by atoms with E-state index in [1.165, 1.54) is 18.4 Å². The molecular formula is C8H10BrNO2S. The van der Waals surface area contributed by atoms with Crippen LogP contribution in [0.3, 0.4) is 0 Å². The van der Waals surface area contributed by atoms with Crippen LogP contribution in [0.5, 0.6) is 0 Å². The van der Waals surface area contributed by atoms with Gasteiger partial charge in [0, 0.05) is 9.35 Å². The Balaban J connectivity index is 2.63. The number of carbonyl (C=O) groups is 1. The SMILES string of the molecule is COC(=O)CC(N)c1sccc1Br. The molecule has 0 spiro atoms. The van der Waals surface area contributed by atoms with E-state index in [0.717, 1.165) is 9.35 Å². The molecule has 1 aromatic rings. The van der Waals surface area contributed by atoms with Crippen molar-refractivity contribution in [2.45, 2.75) is 12.5 Å². The molecule has 0 amide bonds. The van der Waals surface area contributed by atoms with E-state index in [9.17, 15) is 4.79 Å². The van der Waals surface area contributed by atoms with E-state index >= 15 is 0 Å². The van der Waals surface area contributed by atoms with E-state index in [4.69, 9.17) is 5.73 Å². The van der Waals surface area contributed by atoms with Crippen LogP contribution in [0, 0.1) is 0 Å². The summed E-state index contributed by atoms with van der Waals surface area (Å²) in [6.45, 7) is 0. The molecule has 0 bridgehead atoms. The van der Waals surface area contributed by atoms with E-state index < -0.39 is 0 Å². The third-order valence-electron chi connectivity index (χ3n) is 1.60. The molecule has 72 valence electrons. The van der Waals surface area contributed by atoms with Crippen LogP contribution in [-0.2, 0) is 9.53 Å². The molecule has 13 heavy (non-hydrogen) atoms. The van der Waals surface area contributed by atoms with E-state index in [0.29, 0.717) is 0 Å². The number of thiophene rings is 1. The van der Waals surface area contributed by atoms with Gasteiger partial charge in [-0.3, -0.25) is 4.79 Å². The summed E-state index contributed by atoms with van der Waals surface area (Å²) in [7, 11) is 1.36. The Labute approximate surface area is 89.0 Å². The normalized spacial score (nSPS) is 12.5. The van der Waals surface area contributed by atoms with Gasteiger partial charge in [-0.1, -0.05) is 0 Å². The van der Waals surface area contributed by atoms with Gasteiger partial charge < -0.3 is 10.5 Å². The Hall–Kier alpha value is -0.390. The predicted molar refractivity (Wildman–Crippen MR) is 55.6 cm³/mol. The van der Waals surface area contributed by atoms with Gasteiger partial charge in [0.25, 0.3) is 0 Å². The van der Waals surface area contributed by atoms with Crippen LogP contribution in [0.2, 0.25) is 0 Å². The highest BCUT2D eigenvalue weighted by Gasteiger charge is 2.15. The van der Waals surface area contributed by atoms with Gasteiger partial charge in [-0.05, 0) is 27.4 Å². The third kappa shape index (κ3) is 2.79. The van der Waals surface area contributed by atoms with Gasteiger partial charge in [0.2, 0.25) is 0 Å². The Morgan fingerprint density at radius 2 is 2.54 bits per heavy atom. The van der Waals surface area contributed by atoms with Crippen LogP contribution in [-0.4, -0.2) is 13.1 Å². The lowest BCUT2D eigenvalue weighted by Crippen LogP contribution is -2.15. The molecule has 0 aromatic carbocycles. The van der Waals surface area contributed by atoms with Gasteiger partial charge in [-0.2, -0.15) is 0 Å². The molecule has 1 rings (SSSR count). The van der Waals surface area contributed by atoms with Crippen LogP contribution in [0.1, 0.15) is 17.3 Å². The van der Waals surface area contributed by atoms with Gasteiger partial charge in [0.15, 0.2) is 0 Å². The molecule has 0 saturated carbocycles. The Morgan fingerprint density at radius 1 is 1.85 bits per heavy atom. The average molecular weight is 264 g/mol. The molecule has 0 aliphatic rings. The zero-order valence-electron chi connectivity index (χ0n) is 7.12. The monoisotopic (exact) mass is 263 g/mol. The number of methoxy groups -OCH3 is 1. The second-order valence-corrected chi connectivity index (χ2v) is 4.32. The molecule has 0 aliphatic carbocycles. The van der Waals surface area contributed by atoms with Crippen molar-refractivity contribution in [3.8, 4) is 0 Å². The maximum atomic E-state index is 10.9. The minimum Gasteiger partial charge on any atom is -0.469 e. The lowest BCUT2D eigenvalue weighted by Gasteiger charge is -2.08. The molecule has 0 saturated heterocycles. The molecule has 1 unspecified atom stereocenters. The summed E-state index contributed by atoms with van der Waals surface area (Å²) in [5, 5.41) is 1.93. The van der Waals surface area contributed by atoms with Crippen LogP contribution in [0.25, 0.3) is 0 Å². The van der Waals surface area contributed by atoms with E-state index in [2.05, 4.69) is 20.7 Å². The van der Waals surface area contributed by atoms with Crippen molar-refractivity contribution in [2.24, 2.45) is 5.73 Å². The molecule has 0 aliphatic heterocycles. The number of halogens is 1.